The molecular formula is C16H15ClN2O2S. The third-order valence-corrected chi connectivity index (χ3v) is 3.45. The number of rotatable bonds is 2. The predicted molar refractivity (Wildman–Crippen MR) is 92.7 cm³/mol. The molecule has 0 aliphatic rings. The Balaban J connectivity index is 2.09. The zero-order valence-electron chi connectivity index (χ0n) is 12.1. The van der Waals surface area contributed by atoms with Gasteiger partial charge in [-0.25, -0.2) is 0 Å². The summed E-state index contributed by atoms with van der Waals surface area (Å²) in [6.07, 6.45) is 0. The molecule has 0 radical (unpaired) electrons. The molecule has 0 atom stereocenters. The molecule has 22 heavy (non-hydrogen) atoms. The van der Waals surface area contributed by atoms with Crippen LogP contribution >= 0.6 is 23.8 Å². The van der Waals surface area contributed by atoms with Gasteiger partial charge in [0.1, 0.15) is 5.75 Å². The van der Waals surface area contributed by atoms with E-state index in [2.05, 4.69) is 10.6 Å². The molecule has 0 heterocycles. The van der Waals surface area contributed by atoms with Crippen molar-refractivity contribution >= 4 is 40.5 Å². The van der Waals surface area contributed by atoms with Crippen LogP contribution in [-0.2, 0) is 0 Å². The van der Waals surface area contributed by atoms with Crippen molar-refractivity contribution in [1.29, 1.82) is 0 Å². The first-order valence-electron chi connectivity index (χ1n) is 6.55. The summed E-state index contributed by atoms with van der Waals surface area (Å²) >= 11 is 11.0. The maximum absolute atomic E-state index is 12.1. The number of carbonyl (C=O) groups excluding carboxylic acids is 1. The van der Waals surface area contributed by atoms with E-state index in [0.29, 0.717) is 16.3 Å². The van der Waals surface area contributed by atoms with Crippen LogP contribution in [-0.4, -0.2) is 16.1 Å². The largest absolute Gasteiger partial charge is 0.505 e. The quantitative estimate of drug-likeness (QED) is 0.577. The highest BCUT2D eigenvalue weighted by Gasteiger charge is 2.11. The highest BCUT2D eigenvalue weighted by Crippen LogP contribution is 2.28. The average Bonchev–Trinajstić information content (AvgIpc) is 2.44. The first-order valence-corrected chi connectivity index (χ1v) is 7.33. The topological polar surface area (TPSA) is 61.4 Å². The number of carbonyl (C=O) groups is 1. The van der Waals surface area contributed by atoms with Gasteiger partial charge in [0.25, 0.3) is 5.91 Å². The van der Waals surface area contributed by atoms with Gasteiger partial charge in [0.2, 0.25) is 0 Å². The van der Waals surface area contributed by atoms with Crippen LogP contribution in [0.15, 0.2) is 36.4 Å². The lowest BCUT2D eigenvalue weighted by Gasteiger charge is -2.13. The Hall–Kier alpha value is -2.11. The maximum atomic E-state index is 12.1. The summed E-state index contributed by atoms with van der Waals surface area (Å²) in [5, 5.41) is 16.0. The van der Waals surface area contributed by atoms with Crippen LogP contribution in [0.4, 0.5) is 5.69 Å². The number of benzene rings is 2. The number of thiocarbonyl (C=S) groups is 1. The Morgan fingerprint density at radius 2 is 1.95 bits per heavy atom. The molecule has 0 aliphatic heterocycles. The van der Waals surface area contributed by atoms with Gasteiger partial charge in [-0.2, -0.15) is 0 Å². The molecule has 4 nitrogen and oxygen atoms in total. The van der Waals surface area contributed by atoms with Gasteiger partial charge in [0, 0.05) is 10.6 Å². The van der Waals surface area contributed by atoms with Crippen LogP contribution in [0.5, 0.6) is 5.75 Å². The summed E-state index contributed by atoms with van der Waals surface area (Å²) in [5.74, 6) is -0.270. The lowest BCUT2D eigenvalue weighted by Crippen LogP contribution is -2.34. The van der Waals surface area contributed by atoms with Gasteiger partial charge in [0.05, 0.1) is 5.69 Å². The van der Waals surface area contributed by atoms with Gasteiger partial charge in [-0.3, -0.25) is 10.1 Å². The number of aromatic hydroxyl groups is 1. The molecule has 0 saturated heterocycles. The molecule has 114 valence electrons. The molecular weight excluding hydrogens is 320 g/mol. The number of phenolic OH excluding ortho intramolecular Hbond substituents is 1. The number of nitrogens with one attached hydrogen (secondary N) is 2. The minimum absolute atomic E-state index is 0.102. The molecule has 0 unspecified atom stereocenters. The Bertz CT molecular complexity index is 747. The minimum Gasteiger partial charge on any atom is -0.505 e. The Morgan fingerprint density at radius 1 is 1.23 bits per heavy atom. The first kappa shape index (κ1) is 16.3. The monoisotopic (exact) mass is 334 g/mol. The van der Waals surface area contributed by atoms with Crippen molar-refractivity contribution in [2.45, 2.75) is 13.8 Å². The van der Waals surface area contributed by atoms with Crippen molar-refractivity contribution < 1.29 is 9.90 Å². The third-order valence-electron chi connectivity index (χ3n) is 3.01. The van der Waals surface area contributed by atoms with Gasteiger partial charge in [-0.15, -0.1) is 0 Å². The van der Waals surface area contributed by atoms with E-state index in [1.165, 1.54) is 0 Å². The number of anilines is 1. The van der Waals surface area contributed by atoms with Crippen molar-refractivity contribution in [1.82, 2.24) is 5.32 Å². The zero-order valence-corrected chi connectivity index (χ0v) is 13.7. The zero-order chi connectivity index (χ0) is 16.3. The highest BCUT2D eigenvalue weighted by atomic mass is 35.5. The molecule has 0 saturated carbocycles. The summed E-state index contributed by atoms with van der Waals surface area (Å²) in [7, 11) is 0. The predicted octanol–water partition coefficient (Wildman–Crippen LogP) is 3.79. The standard InChI is InChI=1S/C16H15ClN2O2S/c1-9-6-10(2)14(20)13(7-9)18-16(22)19-15(21)11-4-3-5-12(17)8-11/h3-8,20H,1-2H3,(H2,18,19,21,22). The summed E-state index contributed by atoms with van der Waals surface area (Å²) in [6, 6.07) is 10.2. The van der Waals surface area contributed by atoms with Crippen molar-refractivity contribution in [3.8, 4) is 5.75 Å². The number of halogens is 1. The lowest BCUT2D eigenvalue weighted by molar-refractivity contribution is 0.0977. The van der Waals surface area contributed by atoms with Crippen molar-refractivity contribution in [2.75, 3.05) is 5.32 Å². The SMILES string of the molecule is Cc1cc(C)c(O)c(NC(=S)NC(=O)c2cccc(Cl)c2)c1. The Kier molecular flexibility index (Phi) is 5.00. The van der Waals surface area contributed by atoms with Crippen molar-refractivity contribution in [3.63, 3.8) is 0 Å². The fourth-order valence-corrected chi connectivity index (χ4v) is 2.41. The molecule has 2 aromatic rings. The van der Waals surface area contributed by atoms with Gasteiger partial charge in [-0.1, -0.05) is 23.7 Å². The van der Waals surface area contributed by atoms with Crippen LogP contribution < -0.4 is 10.6 Å². The highest BCUT2D eigenvalue weighted by molar-refractivity contribution is 7.80. The van der Waals surface area contributed by atoms with E-state index in [0.717, 1.165) is 11.1 Å². The van der Waals surface area contributed by atoms with Crippen LogP contribution in [0.1, 0.15) is 21.5 Å². The molecule has 2 rings (SSSR count). The minimum atomic E-state index is -0.371. The maximum Gasteiger partial charge on any atom is 0.257 e. The third kappa shape index (κ3) is 3.96. The van der Waals surface area contributed by atoms with E-state index in [-0.39, 0.29) is 16.8 Å². The Labute approximate surface area is 139 Å². The second-order valence-corrected chi connectivity index (χ2v) is 5.74. The average molecular weight is 335 g/mol. The number of amides is 1. The second kappa shape index (κ2) is 6.77. The number of hydrogen-bond donors (Lipinski definition) is 3. The molecule has 2 aromatic carbocycles. The van der Waals surface area contributed by atoms with Crippen molar-refractivity contribution in [2.24, 2.45) is 0 Å². The van der Waals surface area contributed by atoms with Crippen LogP contribution in [0, 0.1) is 13.8 Å². The molecule has 0 aliphatic carbocycles. The van der Waals surface area contributed by atoms with Gasteiger partial charge in [0.15, 0.2) is 5.11 Å². The Morgan fingerprint density at radius 3 is 2.64 bits per heavy atom. The second-order valence-electron chi connectivity index (χ2n) is 4.90. The summed E-state index contributed by atoms with van der Waals surface area (Å²) in [6.45, 7) is 3.70. The molecule has 0 bridgehead atoms. The van der Waals surface area contributed by atoms with Gasteiger partial charge >= 0.3 is 0 Å². The lowest BCUT2D eigenvalue weighted by atomic mass is 10.1. The van der Waals surface area contributed by atoms with E-state index in [4.69, 9.17) is 23.8 Å². The van der Waals surface area contributed by atoms with Gasteiger partial charge in [-0.05, 0) is 61.5 Å². The summed E-state index contributed by atoms with van der Waals surface area (Å²) < 4.78 is 0. The molecule has 0 aromatic heterocycles. The van der Waals surface area contributed by atoms with E-state index in [1.54, 1.807) is 37.3 Å². The molecule has 1 amide bonds. The number of aryl methyl sites for hydroxylation is 2. The van der Waals surface area contributed by atoms with Crippen LogP contribution in [0.25, 0.3) is 0 Å². The summed E-state index contributed by atoms with van der Waals surface area (Å²) in [5.41, 5.74) is 2.56. The number of phenols is 1. The van der Waals surface area contributed by atoms with Crippen LogP contribution in [0.2, 0.25) is 5.02 Å². The smallest absolute Gasteiger partial charge is 0.257 e. The van der Waals surface area contributed by atoms with E-state index in [9.17, 15) is 9.90 Å². The molecule has 3 N–H and O–H groups in total. The van der Waals surface area contributed by atoms with E-state index < -0.39 is 0 Å². The van der Waals surface area contributed by atoms with E-state index in [1.807, 2.05) is 13.0 Å². The fraction of sp³-hybridized carbons (Fsp3) is 0.125. The molecule has 0 fully saturated rings. The molecule has 6 heteroatoms. The van der Waals surface area contributed by atoms with Gasteiger partial charge < -0.3 is 10.4 Å². The summed E-state index contributed by atoms with van der Waals surface area (Å²) in [4.78, 5) is 12.1. The van der Waals surface area contributed by atoms with E-state index >= 15 is 0 Å². The van der Waals surface area contributed by atoms with Crippen LogP contribution in [0.3, 0.4) is 0 Å². The normalized spacial score (nSPS) is 10.1. The fourth-order valence-electron chi connectivity index (χ4n) is 2.01. The first-order chi connectivity index (χ1) is 10.4. The number of hydrogen-bond acceptors (Lipinski definition) is 3. The molecule has 0 spiro atoms. The van der Waals surface area contributed by atoms with Crippen molar-refractivity contribution in [3.05, 3.63) is 58.1 Å².